The van der Waals surface area contributed by atoms with Gasteiger partial charge in [0, 0.05) is 18.7 Å². The fraction of sp³-hybridized carbons (Fsp3) is 0.269. The van der Waals surface area contributed by atoms with E-state index in [1.54, 1.807) is 19.3 Å². The first-order chi connectivity index (χ1) is 18.2. The number of tetrazole rings is 1. The molecule has 5 rings (SSSR count). The Labute approximate surface area is 213 Å². The lowest BCUT2D eigenvalue weighted by Gasteiger charge is -2.25. The molecule has 3 aromatic heterocycles. The Morgan fingerprint density at radius 3 is 2.62 bits per heavy atom. The number of carbonyl (C=O) groups excluding carboxylic acids is 1. The molecule has 0 amide bonds. The first-order valence-corrected chi connectivity index (χ1v) is 12.2. The fourth-order valence-corrected chi connectivity index (χ4v) is 4.19. The van der Waals surface area contributed by atoms with E-state index in [4.69, 9.17) is 9.72 Å². The highest BCUT2D eigenvalue weighted by Crippen LogP contribution is 2.30. The number of rotatable bonds is 10. The molecule has 0 fully saturated rings. The summed E-state index contributed by atoms with van der Waals surface area (Å²) in [4.78, 5) is 19.7. The van der Waals surface area contributed by atoms with Gasteiger partial charge in [-0.3, -0.25) is 0 Å². The van der Waals surface area contributed by atoms with Gasteiger partial charge >= 0.3 is 5.97 Å². The molecule has 0 aliphatic heterocycles. The molecule has 0 radical (unpaired) electrons. The number of unbranched alkanes of at least 4 members (excludes halogenated alkanes) is 1. The van der Waals surface area contributed by atoms with Gasteiger partial charge in [-0.2, -0.15) is 0 Å². The van der Waals surface area contributed by atoms with Crippen molar-refractivity contribution in [3.8, 4) is 22.5 Å². The molecular weight excluding hydrogens is 470 g/mol. The van der Waals surface area contributed by atoms with Crippen LogP contribution in [0.3, 0.4) is 0 Å². The summed E-state index contributed by atoms with van der Waals surface area (Å²) < 4.78 is 6.81. The molecule has 11 heteroatoms. The smallest absolute Gasteiger partial charge is 0.343 e. The van der Waals surface area contributed by atoms with Crippen molar-refractivity contribution in [2.45, 2.75) is 33.2 Å². The van der Waals surface area contributed by atoms with Crippen LogP contribution in [0.1, 0.15) is 42.6 Å². The maximum Gasteiger partial charge on any atom is 0.343 e. The second kappa shape index (κ2) is 10.9. The van der Waals surface area contributed by atoms with Crippen LogP contribution in [0.5, 0.6) is 0 Å². The molecule has 5 aromatic rings. The summed E-state index contributed by atoms with van der Waals surface area (Å²) >= 11 is 0. The number of H-pyrrole nitrogens is 1. The Bertz CT molecular complexity index is 1480. The quantitative estimate of drug-likeness (QED) is 0.285. The number of esters is 1. The molecule has 0 aliphatic carbocycles. The average Bonchev–Trinajstić information content (AvgIpc) is 3.63. The van der Waals surface area contributed by atoms with Crippen molar-refractivity contribution in [1.29, 1.82) is 0 Å². The maximum atomic E-state index is 12.8. The van der Waals surface area contributed by atoms with Gasteiger partial charge in [0.15, 0.2) is 11.5 Å². The van der Waals surface area contributed by atoms with Crippen molar-refractivity contribution in [3.05, 3.63) is 72.1 Å². The van der Waals surface area contributed by atoms with E-state index in [9.17, 15) is 4.79 Å². The Hall–Kier alpha value is -4.67. The van der Waals surface area contributed by atoms with Crippen molar-refractivity contribution in [2.24, 2.45) is 0 Å². The molecular formula is C26H27N9O2. The topological polar surface area (TPSA) is 127 Å². The number of hydrogen-bond donors (Lipinski definition) is 1. The zero-order valence-electron chi connectivity index (χ0n) is 20.7. The molecule has 0 bridgehead atoms. The van der Waals surface area contributed by atoms with E-state index in [1.807, 2.05) is 24.3 Å². The Morgan fingerprint density at radius 1 is 1.08 bits per heavy atom. The molecule has 3 heterocycles. The van der Waals surface area contributed by atoms with Gasteiger partial charge in [-0.05, 0) is 40.5 Å². The van der Waals surface area contributed by atoms with Crippen LogP contribution in [-0.4, -0.2) is 59.6 Å². The predicted octanol–water partition coefficient (Wildman–Crippen LogP) is 3.95. The summed E-state index contributed by atoms with van der Waals surface area (Å²) in [5.74, 6) is 0.749. The zero-order chi connectivity index (χ0) is 25.6. The number of ether oxygens (including phenoxy) is 1. The van der Waals surface area contributed by atoms with E-state index >= 15 is 0 Å². The predicted molar refractivity (Wildman–Crippen MR) is 138 cm³/mol. The summed E-state index contributed by atoms with van der Waals surface area (Å²) in [6, 6.07) is 16.3. The Kier molecular flexibility index (Phi) is 7.11. The molecule has 0 saturated heterocycles. The van der Waals surface area contributed by atoms with E-state index in [-0.39, 0.29) is 6.61 Å². The molecule has 0 atom stereocenters. The van der Waals surface area contributed by atoms with Crippen LogP contribution in [0.2, 0.25) is 0 Å². The van der Waals surface area contributed by atoms with Crippen LogP contribution in [0, 0.1) is 0 Å². The minimum atomic E-state index is -0.433. The molecule has 37 heavy (non-hydrogen) atoms. The lowest BCUT2D eigenvalue weighted by atomic mass is 9.98. The van der Waals surface area contributed by atoms with Crippen molar-refractivity contribution in [2.75, 3.05) is 18.1 Å². The molecule has 0 unspecified atom stereocenters. The number of fused-ring (bicyclic) bond motifs is 1. The number of aromatic amines is 1. The summed E-state index contributed by atoms with van der Waals surface area (Å²) in [5, 5.41) is 22.2. The number of nitrogens with zero attached hydrogens (tertiary/aromatic N) is 8. The van der Waals surface area contributed by atoms with Crippen molar-refractivity contribution in [1.82, 2.24) is 40.4 Å². The normalized spacial score (nSPS) is 11.1. The minimum absolute atomic E-state index is 0.274. The first-order valence-electron chi connectivity index (χ1n) is 12.2. The third-order valence-corrected chi connectivity index (χ3v) is 6.01. The van der Waals surface area contributed by atoms with E-state index in [1.165, 1.54) is 4.52 Å². The molecule has 11 nitrogen and oxygen atoms in total. The van der Waals surface area contributed by atoms with Crippen LogP contribution < -0.4 is 4.90 Å². The minimum Gasteiger partial charge on any atom is -0.462 e. The first kappa shape index (κ1) is 24.0. The lowest BCUT2D eigenvalue weighted by Crippen LogP contribution is -2.28. The van der Waals surface area contributed by atoms with Crippen LogP contribution in [0.25, 0.3) is 28.2 Å². The van der Waals surface area contributed by atoms with E-state index in [2.05, 4.69) is 67.0 Å². The summed E-state index contributed by atoms with van der Waals surface area (Å²) in [6.45, 7) is 5.50. The largest absolute Gasteiger partial charge is 0.462 e. The van der Waals surface area contributed by atoms with Gasteiger partial charge in [0.2, 0.25) is 0 Å². The van der Waals surface area contributed by atoms with E-state index < -0.39 is 5.97 Å². The number of carbonyl (C=O) groups is 1. The maximum absolute atomic E-state index is 12.8. The number of benzene rings is 2. The molecule has 1 N–H and O–H groups in total. The number of anilines is 1. The fourth-order valence-electron chi connectivity index (χ4n) is 4.19. The van der Waals surface area contributed by atoms with Crippen molar-refractivity contribution in [3.63, 3.8) is 0 Å². The molecule has 0 saturated carbocycles. The van der Waals surface area contributed by atoms with Gasteiger partial charge in [-0.25, -0.2) is 19.4 Å². The van der Waals surface area contributed by atoms with Gasteiger partial charge in [0.05, 0.1) is 19.0 Å². The number of aromatic nitrogens is 8. The zero-order valence-corrected chi connectivity index (χ0v) is 20.7. The van der Waals surface area contributed by atoms with Gasteiger partial charge in [-0.15, -0.1) is 10.2 Å². The Balaban J connectivity index is 1.47. The van der Waals surface area contributed by atoms with Gasteiger partial charge in [-0.1, -0.05) is 67.1 Å². The summed E-state index contributed by atoms with van der Waals surface area (Å²) in [7, 11) is 0. The lowest BCUT2D eigenvalue weighted by molar-refractivity contribution is 0.0526. The second-order valence-corrected chi connectivity index (χ2v) is 8.50. The van der Waals surface area contributed by atoms with Crippen LogP contribution in [0.15, 0.2) is 60.9 Å². The third kappa shape index (κ3) is 5.15. The van der Waals surface area contributed by atoms with E-state index in [0.717, 1.165) is 41.6 Å². The van der Waals surface area contributed by atoms with E-state index in [0.29, 0.717) is 29.4 Å². The van der Waals surface area contributed by atoms with Gasteiger partial charge < -0.3 is 9.64 Å². The molecule has 0 aliphatic rings. The number of nitrogens with one attached hydrogen (secondary N) is 1. The monoisotopic (exact) mass is 497 g/mol. The average molecular weight is 498 g/mol. The highest BCUT2D eigenvalue weighted by atomic mass is 16.5. The summed E-state index contributed by atoms with van der Waals surface area (Å²) in [6.07, 6.45) is 5.17. The summed E-state index contributed by atoms with van der Waals surface area (Å²) in [5.41, 5.74) is 5.02. The SMILES string of the molecule is CCCCN(Cc1ccc(-c2ccccc2-c2nnn[nH]2)cc1)c1nc2cnnn2cc1C(=O)OCC. The van der Waals surface area contributed by atoms with Crippen LogP contribution >= 0.6 is 0 Å². The molecule has 188 valence electrons. The Morgan fingerprint density at radius 2 is 1.89 bits per heavy atom. The molecule has 2 aromatic carbocycles. The van der Waals surface area contributed by atoms with Crippen molar-refractivity contribution >= 4 is 17.4 Å². The van der Waals surface area contributed by atoms with Gasteiger partial charge in [0.25, 0.3) is 0 Å². The number of hydrogen-bond acceptors (Lipinski definition) is 9. The molecule has 0 spiro atoms. The third-order valence-electron chi connectivity index (χ3n) is 6.01. The standard InChI is InChI=1S/C26H27N9O2/c1-3-5-14-34(25-22(26(36)37-4-2)17-35-23(28-25)15-27-33-35)16-18-10-12-19(13-11-18)20-8-6-7-9-21(20)24-29-31-32-30-24/h6-13,15,17H,3-5,14,16H2,1-2H3,(H,29,30,31,32). The van der Waals surface area contributed by atoms with Crippen LogP contribution in [-0.2, 0) is 11.3 Å². The highest BCUT2D eigenvalue weighted by Gasteiger charge is 2.22. The van der Waals surface area contributed by atoms with Gasteiger partial charge in [0.1, 0.15) is 11.4 Å². The van der Waals surface area contributed by atoms with Crippen LogP contribution in [0.4, 0.5) is 5.82 Å². The van der Waals surface area contributed by atoms with Crippen molar-refractivity contribution < 1.29 is 9.53 Å². The highest BCUT2D eigenvalue weighted by molar-refractivity contribution is 5.95. The second-order valence-electron chi connectivity index (χ2n) is 8.50.